The van der Waals surface area contributed by atoms with Gasteiger partial charge in [0.1, 0.15) is 5.82 Å². The Morgan fingerprint density at radius 2 is 2.11 bits per heavy atom. The summed E-state index contributed by atoms with van der Waals surface area (Å²) in [6.45, 7) is 0.861. The molecule has 2 rings (SSSR count). The number of methoxy groups -OCH3 is 1. The molecule has 0 aliphatic rings. The van der Waals surface area contributed by atoms with Gasteiger partial charge in [0.15, 0.2) is 11.6 Å². The molecule has 1 heterocycles. The lowest BCUT2D eigenvalue weighted by Crippen LogP contribution is -2.12. The van der Waals surface area contributed by atoms with E-state index in [4.69, 9.17) is 4.74 Å². The third-order valence-electron chi connectivity index (χ3n) is 2.46. The number of anilines is 1. The molecule has 4 nitrogen and oxygen atoms in total. The van der Waals surface area contributed by atoms with Crippen molar-refractivity contribution in [3.63, 3.8) is 0 Å². The van der Waals surface area contributed by atoms with Crippen LogP contribution in [0.5, 0.6) is 0 Å². The summed E-state index contributed by atoms with van der Waals surface area (Å²) in [5.41, 5.74) is -0.241. The lowest BCUT2D eigenvalue weighted by atomic mass is 10.3. The molecule has 0 amide bonds. The molecule has 0 atom stereocenters. The highest BCUT2D eigenvalue weighted by Gasteiger charge is 2.15. The molecule has 0 fully saturated rings. The van der Waals surface area contributed by atoms with Gasteiger partial charge in [0.2, 0.25) is 5.95 Å². The van der Waals surface area contributed by atoms with Gasteiger partial charge in [0.25, 0.3) is 0 Å². The van der Waals surface area contributed by atoms with Crippen LogP contribution in [-0.4, -0.2) is 29.8 Å². The first-order valence-corrected chi connectivity index (χ1v) is 5.54. The van der Waals surface area contributed by atoms with Crippen molar-refractivity contribution in [3.8, 4) is 5.69 Å². The Morgan fingerprint density at radius 1 is 1.32 bits per heavy atom. The van der Waals surface area contributed by atoms with Crippen LogP contribution in [0.15, 0.2) is 24.5 Å². The van der Waals surface area contributed by atoms with E-state index in [9.17, 15) is 13.2 Å². The minimum atomic E-state index is -1.24. The van der Waals surface area contributed by atoms with Crippen molar-refractivity contribution in [1.82, 2.24) is 9.55 Å². The molecule has 1 N–H and O–H groups in total. The van der Waals surface area contributed by atoms with E-state index in [1.165, 1.54) is 24.1 Å². The molecule has 0 saturated heterocycles. The predicted molar refractivity (Wildman–Crippen MR) is 63.8 cm³/mol. The zero-order valence-corrected chi connectivity index (χ0v) is 10.2. The van der Waals surface area contributed by atoms with Crippen molar-refractivity contribution in [3.05, 3.63) is 42.0 Å². The van der Waals surface area contributed by atoms with Crippen LogP contribution in [0.2, 0.25) is 0 Å². The number of ether oxygens (including phenoxy) is 1. The van der Waals surface area contributed by atoms with E-state index < -0.39 is 17.5 Å². The Labute approximate surface area is 107 Å². The molecule has 2 aromatic rings. The molecule has 0 spiro atoms. The molecule has 0 bridgehead atoms. The largest absolute Gasteiger partial charge is 0.383 e. The van der Waals surface area contributed by atoms with Gasteiger partial charge in [-0.15, -0.1) is 0 Å². The van der Waals surface area contributed by atoms with Crippen LogP contribution < -0.4 is 5.32 Å². The Balaban J connectivity index is 2.34. The fraction of sp³-hybridized carbons (Fsp3) is 0.250. The molecule has 0 unspecified atom stereocenters. The van der Waals surface area contributed by atoms with E-state index >= 15 is 0 Å². The highest BCUT2D eigenvalue weighted by molar-refractivity contribution is 5.43. The minimum absolute atomic E-state index is 0.241. The summed E-state index contributed by atoms with van der Waals surface area (Å²) in [7, 11) is 1.54. The van der Waals surface area contributed by atoms with Gasteiger partial charge >= 0.3 is 0 Å². The molecule has 0 aliphatic heterocycles. The van der Waals surface area contributed by atoms with Crippen molar-refractivity contribution < 1.29 is 17.9 Å². The number of rotatable bonds is 5. The molecule has 19 heavy (non-hydrogen) atoms. The second kappa shape index (κ2) is 5.75. The lowest BCUT2D eigenvalue weighted by Gasteiger charge is -2.10. The molecule has 102 valence electrons. The first-order chi connectivity index (χ1) is 9.13. The summed E-state index contributed by atoms with van der Waals surface area (Å²) in [6.07, 6.45) is 2.81. The minimum Gasteiger partial charge on any atom is -0.383 e. The maximum atomic E-state index is 13.7. The zero-order valence-electron chi connectivity index (χ0n) is 10.2. The SMILES string of the molecule is COCCNc1nccn1-c1cc(F)cc(F)c1F. The lowest BCUT2D eigenvalue weighted by molar-refractivity contribution is 0.210. The molecule has 0 saturated carbocycles. The summed E-state index contributed by atoms with van der Waals surface area (Å²) < 4.78 is 46.1. The Kier molecular flexibility index (Phi) is 4.06. The molecule has 7 heteroatoms. The van der Waals surface area contributed by atoms with Crippen molar-refractivity contribution in [2.24, 2.45) is 0 Å². The number of hydrogen-bond donors (Lipinski definition) is 1. The van der Waals surface area contributed by atoms with Crippen molar-refractivity contribution >= 4 is 5.95 Å². The topological polar surface area (TPSA) is 39.1 Å². The predicted octanol–water partition coefficient (Wildman–Crippen LogP) is 2.35. The summed E-state index contributed by atoms with van der Waals surface area (Å²) in [6, 6.07) is 1.40. The summed E-state index contributed by atoms with van der Waals surface area (Å²) in [4.78, 5) is 3.95. The van der Waals surface area contributed by atoms with Crippen LogP contribution in [0.3, 0.4) is 0 Å². The van der Waals surface area contributed by atoms with E-state index in [2.05, 4.69) is 10.3 Å². The number of nitrogens with one attached hydrogen (secondary N) is 1. The van der Waals surface area contributed by atoms with Gasteiger partial charge in [-0.05, 0) is 0 Å². The zero-order chi connectivity index (χ0) is 13.8. The van der Waals surface area contributed by atoms with Gasteiger partial charge < -0.3 is 10.1 Å². The normalized spacial score (nSPS) is 10.7. The summed E-state index contributed by atoms with van der Waals surface area (Å²) >= 11 is 0. The standard InChI is InChI=1S/C12H12F3N3O/c1-19-5-3-17-12-16-2-4-18(12)10-7-8(13)6-9(14)11(10)15/h2,4,6-7H,3,5H2,1H3,(H,16,17). The first kappa shape index (κ1) is 13.4. The Morgan fingerprint density at radius 3 is 2.84 bits per heavy atom. The van der Waals surface area contributed by atoms with Gasteiger partial charge in [0, 0.05) is 38.2 Å². The van der Waals surface area contributed by atoms with Gasteiger partial charge in [0.05, 0.1) is 12.3 Å². The van der Waals surface area contributed by atoms with E-state index in [-0.39, 0.29) is 11.6 Å². The maximum absolute atomic E-state index is 13.7. The van der Waals surface area contributed by atoms with Crippen LogP contribution in [0.25, 0.3) is 5.69 Å². The van der Waals surface area contributed by atoms with Gasteiger partial charge in [-0.25, -0.2) is 18.2 Å². The van der Waals surface area contributed by atoms with Crippen molar-refractivity contribution in [1.29, 1.82) is 0 Å². The van der Waals surface area contributed by atoms with Gasteiger partial charge in [-0.1, -0.05) is 0 Å². The van der Waals surface area contributed by atoms with Crippen molar-refractivity contribution in [2.45, 2.75) is 0 Å². The Hall–Kier alpha value is -2.02. The number of imidazole rings is 1. The number of nitrogens with zero attached hydrogens (tertiary/aromatic N) is 2. The smallest absolute Gasteiger partial charge is 0.207 e. The van der Waals surface area contributed by atoms with E-state index in [1.807, 2.05) is 0 Å². The fourth-order valence-electron chi connectivity index (χ4n) is 1.61. The molecule has 1 aromatic heterocycles. The summed E-state index contributed by atoms with van der Waals surface area (Å²) in [5, 5.41) is 2.87. The van der Waals surface area contributed by atoms with E-state index in [1.54, 1.807) is 0 Å². The average molecular weight is 271 g/mol. The average Bonchev–Trinajstić information content (AvgIpc) is 2.82. The van der Waals surface area contributed by atoms with Crippen LogP contribution in [0.1, 0.15) is 0 Å². The third kappa shape index (κ3) is 2.87. The first-order valence-electron chi connectivity index (χ1n) is 5.54. The Bertz CT molecular complexity index is 571. The van der Waals surface area contributed by atoms with Crippen LogP contribution in [-0.2, 0) is 4.74 Å². The second-order valence-corrected chi connectivity index (χ2v) is 3.76. The van der Waals surface area contributed by atoms with Crippen molar-refractivity contribution in [2.75, 3.05) is 25.6 Å². The van der Waals surface area contributed by atoms with Gasteiger partial charge in [-0.2, -0.15) is 0 Å². The molecule has 0 radical (unpaired) electrons. The van der Waals surface area contributed by atoms with Crippen LogP contribution in [0, 0.1) is 17.5 Å². The van der Waals surface area contributed by atoms with E-state index in [0.29, 0.717) is 19.2 Å². The third-order valence-corrected chi connectivity index (χ3v) is 2.46. The summed E-state index contributed by atoms with van der Waals surface area (Å²) in [5.74, 6) is -2.95. The maximum Gasteiger partial charge on any atom is 0.207 e. The second-order valence-electron chi connectivity index (χ2n) is 3.76. The van der Waals surface area contributed by atoms with Gasteiger partial charge in [-0.3, -0.25) is 4.57 Å². The quantitative estimate of drug-likeness (QED) is 0.670. The molecular formula is C12H12F3N3O. The number of benzene rings is 1. The van der Waals surface area contributed by atoms with Crippen LogP contribution >= 0.6 is 0 Å². The number of halogens is 3. The highest BCUT2D eigenvalue weighted by atomic mass is 19.2. The number of aromatic nitrogens is 2. The van der Waals surface area contributed by atoms with Crippen LogP contribution in [0.4, 0.5) is 19.1 Å². The fourth-order valence-corrected chi connectivity index (χ4v) is 1.61. The molecule has 0 aliphatic carbocycles. The monoisotopic (exact) mass is 271 g/mol. The molecule has 1 aromatic carbocycles. The molecular weight excluding hydrogens is 259 g/mol. The highest BCUT2D eigenvalue weighted by Crippen LogP contribution is 2.21. The number of hydrogen-bond acceptors (Lipinski definition) is 3. The van der Waals surface area contributed by atoms with E-state index in [0.717, 1.165) is 6.07 Å².